The molecule has 41 heavy (non-hydrogen) atoms. The molecule has 12 heteroatoms. The molecule has 0 atom stereocenters. The van der Waals surface area contributed by atoms with Crippen LogP contribution < -0.4 is 17.8 Å². The summed E-state index contributed by atoms with van der Waals surface area (Å²) in [4.78, 5) is 12.7. The minimum Gasteiger partial charge on any atom is -0.496 e. The van der Waals surface area contributed by atoms with Gasteiger partial charge in [0.15, 0.2) is 0 Å². The zero-order valence-electron chi connectivity index (χ0n) is 23.5. The standard InChI is InChI=1S/C29H32O10S2/c1-18(2)8-7-9-20-10-11-21(16-24(20)39-41(6,34)35)26-25(36-3)17-23(28(37-4)27(26)29(30)31)19-12-14-22(15-13-19)38-40(5,32)33/h8,10-17H,7,9H2,1-6H3,(H,30,31). The molecule has 0 heterocycles. The summed E-state index contributed by atoms with van der Waals surface area (Å²) in [5.74, 6) is -0.955. The SMILES string of the molecule is COc1cc(-c2ccc(OS(C)(=O)=O)cc2)c(OC)c(C(=O)O)c1-c1ccc(CCC=C(C)C)c(OS(C)(=O)=O)c1. The zero-order valence-corrected chi connectivity index (χ0v) is 25.2. The van der Waals surface area contributed by atoms with Crippen LogP contribution in [0, 0.1) is 0 Å². The van der Waals surface area contributed by atoms with E-state index in [1.807, 2.05) is 19.9 Å². The number of carboxylic acids is 1. The fourth-order valence-electron chi connectivity index (χ4n) is 4.26. The molecule has 0 aliphatic rings. The van der Waals surface area contributed by atoms with Gasteiger partial charge in [-0.1, -0.05) is 35.9 Å². The van der Waals surface area contributed by atoms with Crippen molar-refractivity contribution in [1.29, 1.82) is 0 Å². The largest absolute Gasteiger partial charge is 0.496 e. The molecule has 0 aliphatic heterocycles. The first-order valence-corrected chi connectivity index (χ1v) is 15.9. The Hall–Kier alpha value is -4.03. The number of carbonyl (C=O) groups is 1. The van der Waals surface area contributed by atoms with Gasteiger partial charge in [-0.15, -0.1) is 0 Å². The number of benzene rings is 3. The Morgan fingerprint density at radius 2 is 1.44 bits per heavy atom. The van der Waals surface area contributed by atoms with E-state index in [0.717, 1.165) is 18.1 Å². The van der Waals surface area contributed by atoms with E-state index in [4.69, 9.17) is 17.8 Å². The smallest absolute Gasteiger partial charge is 0.340 e. The first-order chi connectivity index (χ1) is 19.1. The summed E-state index contributed by atoms with van der Waals surface area (Å²) in [5, 5.41) is 10.3. The number of allylic oxidation sites excluding steroid dienone is 2. The second-order valence-corrected chi connectivity index (χ2v) is 12.6. The number of aromatic carboxylic acids is 1. The molecule has 220 valence electrons. The molecule has 0 fully saturated rings. The molecule has 10 nitrogen and oxygen atoms in total. The molecule has 0 amide bonds. The summed E-state index contributed by atoms with van der Waals surface area (Å²) in [5.41, 5.74) is 2.90. The van der Waals surface area contributed by atoms with Crippen molar-refractivity contribution in [3.8, 4) is 45.3 Å². The number of rotatable bonds is 12. The van der Waals surface area contributed by atoms with Crippen molar-refractivity contribution in [3.05, 3.63) is 71.3 Å². The van der Waals surface area contributed by atoms with Gasteiger partial charge in [-0.05, 0) is 67.6 Å². The molecule has 0 spiro atoms. The van der Waals surface area contributed by atoms with Crippen LogP contribution in [0.4, 0.5) is 0 Å². The summed E-state index contributed by atoms with van der Waals surface area (Å²) >= 11 is 0. The van der Waals surface area contributed by atoms with Crippen LogP contribution in [0.3, 0.4) is 0 Å². The molecule has 0 aromatic heterocycles. The van der Waals surface area contributed by atoms with Crippen LogP contribution in [-0.4, -0.2) is 54.6 Å². The van der Waals surface area contributed by atoms with E-state index in [9.17, 15) is 26.7 Å². The lowest BCUT2D eigenvalue weighted by atomic mass is 9.91. The van der Waals surface area contributed by atoms with Gasteiger partial charge in [-0.3, -0.25) is 0 Å². The van der Waals surface area contributed by atoms with Crippen molar-refractivity contribution in [2.45, 2.75) is 26.7 Å². The van der Waals surface area contributed by atoms with E-state index in [1.165, 1.54) is 32.4 Å². The summed E-state index contributed by atoms with van der Waals surface area (Å²) in [6.45, 7) is 3.93. The minimum absolute atomic E-state index is 0.0169. The number of hydrogen-bond donors (Lipinski definition) is 1. The van der Waals surface area contributed by atoms with E-state index < -0.39 is 26.2 Å². The van der Waals surface area contributed by atoms with Gasteiger partial charge in [-0.2, -0.15) is 16.8 Å². The van der Waals surface area contributed by atoms with Crippen LogP contribution >= 0.6 is 0 Å². The normalized spacial score (nSPS) is 11.5. The maximum atomic E-state index is 12.7. The van der Waals surface area contributed by atoms with E-state index in [2.05, 4.69) is 0 Å². The fraction of sp³-hybridized carbons (Fsp3) is 0.276. The van der Waals surface area contributed by atoms with Gasteiger partial charge in [0, 0.05) is 11.1 Å². The maximum Gasteiger partial charge on any atom is 0.340 e. The number of carboxylic acid groups (broad SMARTS) is 1. The Bertz CT molecular complexity index is 1680. The van der Waals surface area contributed by atoms with Gasteiger partial charge in [0.25, 0.3) is 0 Å². The van der Waals surface area contributed by atoms with Crippen molar-refractivity contribution < 1.29 is 44.6 Å². The Morgan fingerprint density at radius 1 is 0.829 bits per heavy atom. The lowest BCUT2D eigenvalue weighted by molar-refractivity contribution is 0.0694. The summed E-state index contributed by atoms with van der Waals surface area (Å²) in [6.07, 6.45) is 5.04. The Labute approximate surface area is 240 Å². The highest BCUT2D eigenvalue weighted by Gasteiger charge is 2.27. The summed E-state index contributed by atoms with van der Waals surface area (Å²) in [6, 6.07) is 12.4. The van der Waals surface area contributed by atoms with Crippen LogP contribution in [0.25, 0.3) is 22.3 Å². The van der Waals surface area contributed by atoms with Gasteiger partial charge in [-0.25, -0.2) is 4.79 Å². The maximum absolute atomic E-state index is 12.7. The molecule has 0 saturated heterocycles. The third-order valence-corrected chi connectivity index (χ3v) is 6.84. The van der Waals surface area contributed by atoms with Crippen LogP contribution in [0.15, 0.2) is 60.2 Å². The molecule has 0 unspecified atom stereocenters. The zero-order chi connectivity index (χ0) is 30.5. The predicted molar refractivity (Wildman–Crippen MR) is 156 cm³/mol. The lowest BCUT2D eigenvalue weighted by Gasteiger charge is -2.20. The van der Waals surface area contributed by atoms with Gasteiger partial charge in [0.2, 0.25) is 0 Å². The Kier molecular flexibility index (Phi) is 9.72. The molecule has 0 bridgehead atoms. The highest BCUT2D eigenvalue weighted by Crippen LogP contribution is 2.46. The number of aryl methyl sites for hydroxylation is 1. The van der Waals surface area contributed by atoms with Crippen molar-refractivity contribution in [2.75, 3.05) is 26.7 Å². The number of hydrogen-bond acceptors (Lipinski definition) is 9. The Balaban J connectivity index is 2.24. The first kappa shape index (κ1) is 31.5. The van der Waals surface area contributed by atoms with Crippen LogP contribution in [0.5, 0.6) is 23.0 Å². The number of ether oxygens (including phenoxy) is 2. The second kappa shape index (κ2) is 12.6. The van der Waals surface area contributed by atoms with Crippen LogP contribution in [0.2, 0.25) is 0 Å². The van der Waals surface area contributed by atoms with Gasteiger partial charge >= 0.3 is 26.2 Å². The molecule has 3 rings (SSSR count). The highest BCUT2D eigenvalue weighted by molar-refractivity contribution is 7.86. The monoisotopic (exact) mass is 604 g/mol. The van der Waals surface area contributed by atoms with E-state index in [-0.39, 0.29) is 34.1 Å². The average Bonchev–Trinajstić information content (AvgIpc) is 2.86. The first-order valence-electron chi connectivity index (χ1n) is 12.3. The topological polar surface area (TPSA) is 142 Å². The molecule has 3 aromatic carbocycles. The molecule has 3 aromatic rings. The molecule has 0 radical (unpaired) electrons. The van der Waals surface area contributed by atoms with Crippen LogP contribution in [0.1, 0.15) is 36.2 Å². The Morgan fingerprint density at radius 3 is 1.95 bits per heavy atom. The molecular formula is C29H32O10S2. The predicted octanol–water partition coefficient (Wildman–Crippen LogP) is 5.31. The van der Waals surface area contributed by atoms with Crippen molar-refractivity contribution in [2.24, 2.45) is 0 Å². The quantitative estimate of drug-likeness (QED) is 0.213. The van der Waals surface area contributed by atoms with Gasteiger partial charge in [0.1, 0.15) is 28.6 Å². The molecule has 1 N–H and O–H groups in total. The van der Waals surface area contributed by atoms with Crippen molar-refractivity contribution in [1.82, 2.24) is 0 Å². The average molecular weight is 605 g/mol. The summed E-state index contributed by atoms with van der Waals surface area (Å²) < 4.78 is 68.4. The van der Waals surface area contributed by atoms with Gasteiger partial charge in [0.05, 0.1) is 26.7 Å². The van der Waals surface area contributed by atoms with Crippen LogP contribution in [-0.2, 0) is 26.7 Å². The van der Waals surface area contributed by atoms with Crippen molar-refractivity contribution in [3.63, 3.8) is 0 Å². The lowest BCUT2D eigenvalue weighted by Crippen LogP contribution is -2.09. The van der Waals surface area contributed by atoms with E-state index in [1.54, 1.807) is 30.3 Å². The minimum atomic E-state index is -3.89. The van der Waals surface area contributed by atoms with E-state index in [0.29, 0.717) is 35.1 Å². The summed E-state index contributed by atoms with van der Waals surface area (Å²) in [7, 11) is -4.91. The third-order valence-electron chi connectivity index (χ3n) is 5.86. The van der Waals surface area contributed by atoms with E-state index >= 15 is 0 Å². The molecule has 0 saturated carbocycles. The highest BCUT2D eigenvalue weighted by atomic mass is 32.2. The van der Waals surface area contributed by atoms with Crippen molar-refractivity contribution >= 4 is 26.2 Å². The third kappa shape index (κ3) is 8.24. The molecule has 0 aliphatic carbocycles. The fourth-order valence-corrected chi connectivity index (χ4v) is 5.20. The van der Waals surface area contributed by atoms with Gasteiger partial charge < -0.3 is 22.9 Å². The number of methoxy groups -OCH3 is 2. The molecular weight excluding hydrogens is 572 g/mol. The second-order valence-electron chi connectivity index (χ2n) is 9.46.